The lowest BCUT2D eigenvalue weighted by Crippen LogP contribution is -2.24. The van der Waals surface area contributed by atoms with Crippen molar-refractivity contribution in [3.63, 3.8) is 0 Å². The Balaban J connectivity index is 1.87. The molecule has 5 nitrogen and oxygen atoms in total. The van der Waals surface area contributed by atoms with Crippen molar-refractivity contribution in [1.29, 1.82) is 0 Å². The highest BCUT2D eigenvalue weighted by atomic mass is 32.1. The van der Waals surface area contributed by atoms with Crippen LogP contribution in [0.4, 0.5) is 5.13 Å². The average Bonchev–Trinajstić information content (AvgIpc) is 2.95. The first-order valence-electron chi connectivity index (χ1n) is 6.00. The van der Waals surface area contributed by atoms with Gasteiger partial charge in [0.15, 0.2) is 0 Å². The van der Waals surface area contributed by atoms with E-state index in [-0.39, 0.29) is 11.8 Å². The van der Waals surface area contributed by atoms with Crippen molar-refractivity contribution < 1.29 is 9.90 Å². The number of carboxylic acid groups (broad SMARTS) is 1. The molecule has 0 amide bonds. The summed E-state index contributed by atoms with van der Waals surface area (Å²) in [5.74, 6) is 0.210. The predicted octanol–water partition coefficient (Wildman–Crippen LogP) is 2.01. The Labute approximate surface area is 104 Å². The molecule has 1 aromatic rings. The summed E-state index contributed by atoms with van der Waals surface area (Å²) in [6, 6.07) is 0. The molecule has 2 rings (SSSR count). The minimum Gasteiger partial charge on any atom is -0.481 e. The lowest BCUT2D eigenvalue weighted by Gasteiger charge is -2.15. The molecule has 94 valence electrons. The number of nitrogens with zero attached hydrogens (tertiary/aromatic N) is 2. The van der Waals surface area contributed by atoms with Gasteiger partial charge < -0.3 is 10.4 Å². The van der Waals surface area contributed by atoms with Crippen LogP contribution in [0.2, 0.25) is 0 Å². The largest absolute Gasteiger partial charge is 0.481 e. The van der Waals surface area contributed by atoms with Crippen molar-refractivity contribution in [2.75, 3.05) is 11.9 Å². The Kier molecular flexibility index (Phi) is 3.93. The lowest BCUT2D eigenvalue weighted by molar-refractivity contribution is -0.142. The molecule has 1 aliphatic carbocycles. The summed E-state index contributed by atoms with van der Waals surface area (Å²) in [7, 11) is 0. The second kappa shape index (κ2) is 5.44. The van der Waals surface area contributed by atoms with Crippen LogP contribution in [0, 0.1) is 11.8 Å². The molecule has 0 spiro atoms. The SMILES string of the molecule is CCc1nsc(NCC2CCCC2C(=O)O)n1. The summed E-state index contributed by atoms with van der Waals surface area (Å²) >= 11 is 1.35. The van der Waals surface area contributed by atoms with Crippen LogP contribution in [0.25, 0.3) is 0 Å². The van der Waals surface area contributed by atoms with Crippen LogP contribution in [0.15, 0.2) is 0 Å². The first-order valence-corrected chi connectivity index (χ1v) is 6.77. The highest BCUT2D eigenvalue weighted by Crippen LogP contribution is 2.32. The zero-order chi connectivity index (χ0) is 12.3. The quantitative estimate of drug-likeness (QED) is 0.841. The molecule has 0 bridgehead atoms. The molecule has 0 aliphatic heterocycles. The maximum Gasteiger partial charge on any atom is 0.306 e. The molecule has 6 heteroatoms. The fourth-order valence-corrected chi connectivity index (χ4v) is 2.95. The fraction of sp³-hybridized carbons (Fsp3) is 0.727. The van der Waals surface area contributed by atoms with Crippen LogP contribution in [-0.2, 0) is 11.2 Å². The number of carbonyl (C=O) groups is 1. The Hall–Kier alpha value is -1.17. The Morgan fingerprint density at radius 2 is 2.41 bits per heavy atom. The van der Waals surface area contributed by atoms with Gasteiger partial charge in [0.25, 0.3) is 0 Å². The Morgan fingerprint density at radius 1 is 1.59 bits per heavy atom. The first-order chi connectivity index (χ1) is 8.20. The summed E-state index contributed by atoms with van der Waals surface area (Å²) < 4.78 is 4.19. The fourth-order valence-electron chi connectivity index (χ4n) is 2.29. The molecular weight excluding hydrogens is 238 g/mol. The van der Waals surface area contributed by atoms with Crippen LogP contribution < -0.4 is 5.32 Å². The summed E-state index contributed by atoms with van der Waals surface area (Å²) in [5.41, 5.74) is 0. The molecule has 2 unspecified atom stereocenters. The molecule has 1 heterocycles. The van der Waals surface area contributed by atoms with Gasteiger partial charge in [0, 0.05) is 24.5 Å². The van der Waals surface area contributed by atoms with Gasteiger partial charge in [-0.1, -0.05) is 13.3 Å². The normalized spacial score (nSPS) is 23.8. The summed E-state index contributed by atoms with van der Waals surface area (Å²) in [4.78, 5) is 15.3. The number of carboxylic acids is 1. The van der Waals surface area contributed by atoms with Crippen LogP contribution in [0.5, 0.6) is 0 Å². The predicted molar refractivity (Wildman–Crippen MR) is 66.2 cm³/mol. The summed E-state index contributed by atoms with van der Waals surface area (Å²) in [6.07, 6.45) is 3.64. The second-order valence-electron chi connectivity index (χ2n) is 4.39. The highest BCUT2D eigenvalue weighted by Gasteiger charge is 2.32. The molecule has 2 N–H and O–H groups in total. The third-order valence-corrected chi connectivity index (χ3v) is 3.99. The first kappa shape index (κ1) is 12.3. The third kappa shape index (κ3) is 2.94. The standard InChI is InChI=1S/C11H17N3O2S/c1-2-9-13-11(17-14-9)12-6-7-4-3-5-8(7)10(15)16/h7-8H,2-6H2,1H3,(H,15,16)(H,12,13,14). The van der Waals surface area contributed by atoms with Crippen LogP contribution in [0.3, 0.4) is 0 Å². The minimum atomic E-state index is -0.666. The number of aromatic nitrogens is 2. The van der Waals surface area contributed by atoms with Gasteiger partial charge >= 0.3 is 5.97 Å². The van der Waals surface area contributed by atoms with Crippen LogP contribution in [0.1, 0.15) is 32.0 Å². The maximum absolute atomic E-state index is 11.0. The van der Waals surface area contributed by atoms with E-state index in [2.05, 4.69) is 14.7 Å². The molecule has 1 saturated carbocycles. The molecule has 0 radical (unpaired) electrons. The molecule has 1 fully saturated rings. The van der Waals surface area contributed by atoms with Crippen molar-refractivity contribution >= 4 is 22.6 Å². The lowest BCUT2D eigenvalue weighted by atomic mass is 9.96. The van der Waals surface area contributed by atoms with Gasteiger partial charge in [0.05, 0.1) is 5.92 Å². The molecule has 0 saturated heterocycles. The molecule has 1 aliphatic rings. The molecule has 17 heavy (non-hydrogen) atoms. The van der Waals surface area contributed by atoms with E-state index < -0.39 is 5.97 Å². The molecular formula is C11H17N3O2S. The molecule has 2 atom stereocenters. The van der Waals surface area contributed by atoms with Gasteiger partial charge in [-0.25, -0.2) is 4.98 Å². The zero-order valence-corrected chi connectivity index (χ0v) is 10.7. The number of hydrogen-bond donors (Lipinski definition) is 2. The number of aryl methyl sites for hydroxylation is 1. The molecule has 0 aromatic carbocycles. The second-order valence-corrected chi connectivity index (χ2v) is 5.14. The van der Waals surface area contributed by atoms with E-state index in [1.807, 2.05) is 6.92 Å². The van der Waals surface area contributed by atoms with Crippen molar-refractivity contribution in [2.45, 2.75) is 32.6 Å². The zero-order valence-electron chi connectivity index (χ0n) is 9.85. The maximum atomic E-state index is 11.0. The van der Waals surface area contributed by atoms with Crippen LogP contribution in [-0.4, -0.2) is 27.0 Å². The number of anilines is 1. The van der Waals surface area contributed by atoms with Crippen molar-refractivity contribution in [1.82, 2.24) is 9.36 Å². The summed E-state index contributed by atoms with van der Waals surface area (Å²) in [5, 5.41) is 13.1. The van der Waals surface area contributed by atoms with Crippen molar-refractivity contribution in [3.05, 3.63) is 5.82 Å². The number of nitrogens with one attached hydrogen (secondary N) is 1. The Bertz CT molecular complexity index is 394. The van der Waals surface area contributed by atoms with Crippen molar-refractivity contribution in [3.8, 4) is 0 Å². The Morgan fingerprint density at radius 3 is 3.06 bits per heavy atom. The van der Waals surface area contributed by atoms with Gasteiger partial charge in [0.2, 0.25) is 5.13 Å². The number of rotatable bonds is 5. The van der Waals surface area contributed by atoms with E-state index >= 15 is 0 Å². The topological polar surface area (TPSA) is 75.1 Å². The van der Waals surface area contributed by atoms with E-state index in [0.717, 1.165) is 36.6 Å². The summed E-state index contributed by atoms with van der Waals surface area (Å²) in [6.45, 7) is 2.71. The van der Waals surface area contributed by atoms with Gasteiger partial charge in [-0.15, -0.1) is 0 Å². The minimum absolute atomic E-state index is 0.193. The smallest absolute Gasteiger partial charge is 0.306 e. The average molecular weight is 255 g/mol. The van der Waals surface area contributed by atoms with E-state index in [1.165, 1.54) is 11.5 Å². The third-order valence-electron chi connectivity index (χ3n) is 3.28. The van der Waals surface area contributed by atoms with Gasteiger partial charge in [-0.2, -0.15) is 4.37 Å². The van der Waals surface area contributed by atoms with Crippen LogP contribution >= 0.6 is 11.5 Å². The van der Waals surface area contributed by atoms with Gasteiger partial charge in [-0.3, -0.25) is 4.79 Å². The molecule has 1 aromatic heterocycles. The number of aliphatic carboxylic acids is 1. The van der Waals surface area contributed by atoms with E-state index in [9.17, 15) is 4.79 Å². The highest BCUT2D eigenvalue weighted by molar-refractivity contribution is 7.09. The van der Waals surface area contributed by atoms with Gasteiger partial charge in [0.1, 0.15) is 5.82 Å². The number of hydrogen-bond acceptors (Lipinski definition) is 5. The monoisotopic (exact) mass is 255 g/mol. The van der Waals surface area contributed by atoms with E-state index in [4.69, 9.17) is 5.11 Å². The van der Waals surface area contributed by atoms with E-state index in [0.29, 0.717) is 6.54 Å². The van der Waals surface area contributed by atoms with E-state index in [1.54, 1.807) is 0 Å². The van der Waals surface area contributed by atoms with Gasteiger partial charge in [-0.05, 0) is 18.8 Å². The van der Waals surface area contributed by atoms with Crippen molar-refractivity contribution in [2.24, 2.45) is 11.8 Å².